The summed E-state index contributed by atoms with van der Waals surface area (Å²) in [6.45, 7) is 7.80. The summed E-state index contributed by atoms with van der Waals surface area (Å²) < 4.78 is 5.20. The van der Waals surface area contributed by atoms with E-state index in [1.54, 1.807) is 6.92 Å². The molecule has 8 heteroatoms. The minimum absolute atomic E-state index is 0.0802. The van der Waals surface area contributed by atoms with Crippen molar-refractivity contribution in [2.75, 3.05) is 6.54 Å². The lowest BCUT2D eigenvalue weighted by Gasteiger charge is -2.23. The second kappa shape index (κ2) is 13.3. The SMILES string of the molecule is CCC[C@H](NC(=O)[C@H](CC(C)C)NC(=O)OCc1ccccc1)C(=O)C(=O)NCC. The predicted molar refractivity (Wildman–Crippen MR) is 114 cm³/mol. The van der Waals surface area contributed by atoms with E-state index in [1.165, 1.54) is 0 Å². The molecule has 0 unspecified atom stereocenters. The summed E-state index contributed by atoms with van der Waals surface area (Å²) in [5.41, 5.74) is 0.827. The van der Waals surface area contributed by atoms with Gasteiger partial charge < -0.3 is 20.7 Å². The van der Waals surface area contributed by atoms with Crippen LogP contribution >= 0.6 is 0 Å². The molecule has 0 aliphatic heterocycles. The maximum absolute atomic E-state index is 12.8. The van der Waals surface area contributed by atoms with Crippen molar-refractivity contribution in [3.63, 3.8) is 0 Å². The van der Waals surface area contributed by atoms with E-state index < -0.39 is 35.8 Å². The van der Waals surface area contributed by atoms with Gasteiger partial charge in [-0.1, -0.05) is 57.5 Å². The first-order chi connectivity index (χ1) is 14.3. The van der Waals surface area contributed by atoms with Crippen molar-refractivity contribution in [2.45, 2.75) is 65.6 Å². The van der Waals surface area contributed by atoms with Crippen molar-refractivity contribution in [1.29, 1.82) is 0 Å². The Hall–Kier alpha value is -2.90. The van der Waals surface area contributed by atoms with Gasteiger partial charge in [-0.25, -0.2) is 4.79 Å². The maximum atomic E-state index is 12.8. The molecule has 2 atom stereocenters. The highest BCUT2D eigenvalue weighted by Gasteiger charge is 2.30. The molecule has 0 aliphatic carbocycles. The Morgan fingerprint density at radius 1 is 0.967 bits per heavy atom. The average Bonchev–Trinajstić information content (AvgIpc) is 2.71. The Bertz CT molecular complexity index is 706. The zero-order valence-corrected chi connectivity index (χ0v) is 18.2. The van der Waals surface area contributed by atoms with Crippen LogP contribution in [0, 0.1) is 5.92 Å². The van der Waals surface area contributed by atoms with Crippen LogP contribution in [0.5, 0.6) is 0 Å². The minimum atomic E-state index is -0.939. The fourth-order valence-electron chi connectivity index (χ4n) is 2.85. The van der Waals surface area contributed by atoms with Crippen LogP contribution < -0.4 is 16.0 Å². The number of rotatable bonds is 12. The van der Waals surface area contributed by atoms with Crippen LogP contribution in [0.2, 0.25) is 0 Å². The van der Waals surface area contributed by atoms with E-state index in [0.29, 0.717) is 25.8 Å². The average molecular weight is 420 g/mol. The van der Waals surface area contributed by atoms with E-state index in [-0.39, 0.29) is 12.5 Å². The van der Waals surface area contributed by atoms with Gasteiger partial charge >= 0.3 is 6.09 Å². The van der Waals surface area contributed by atoms with E-state index in [2.05, 4.69) is 16.0 Å². The Kier molecular flexibility index (Phi) is 11.2. The molecule has 1 aromatic rings. The maximum Gasteiger partial charge on any atom is 0.408 e. The van der Waals surface area contributed by atoms with E-state index in [9.17, 15) is 19.2 Å². The van der Waals surface area contributed by atoms with Crippen LogP contribution in [0.1, 0.15) is 52.5 Å². The molecule has 166 valence electrons. The molecule has 0 bridgehead atoms. The fourth-order valence-corrected chi connectivity index (χ4v) is 2.85. The van der Waals surface area contributed by atoms with Crippen molar-refractivity contribution in [1.82, 2.24) is 16.0 Å². The van der Waals surface area contributed by atoms with Gasteiger partial charge in [0.25, 0.3) is 5.91 Å². The Labute approximate surface area is 178 Å². The molecule has 0 aliphatic rings. The topological polar surface area (TPSA) is 114 Å². The first kappa shape index (κ1) is 25.1. The number of ether oxygens (including phenoxy) is 1. The molecule has 1 rings (SSSR count). The second-order valence-electron chi connectivity index (χ2n) is 7.46. The van der Waals surface area contributed by atoms with Crippen molar-refractivity contribution >= 4 is 23.7 Å². The number of nitrogens with one attached hydrogen (secondary N) is 3. The quantitative estimate of drug-likeness (QED) is 0.450. The molecule has 3 amide bonds. The number of likely N-dealkylation sites (N-methyl/N-ethyl adjacent to an activating group) is 1. The number of benzene rings is 1. The number of alkyl carbamates (subject to hydrolysis) is 1. The van der Waals surface area contributed by atoms with Gasteiger partial charge in [-0.2, -0.15) is 0 Å². The third-order valence-electron chi connectivity index (χ3n) is 4.30. The highest BCUT2D eigenvalue weighted by molar-refractivity contribution is 6.38. The van der Waals surface area contributed by atoms with Gasteiger partial charge in [0.1, 0.15) is 12.6 Å². The normalized spacial score (nSPS) is 12.6. The summed E-state index contributed by atoms with van der Waals surface area (Å²) in [4.78, 5) is 49.2. The van der Waals surface area contributed by atoms with Crippen LogP contribution in [0.15, 0.2) is 30.3 Å². The summed E-state index contributed by atoms with van der Waals surface area (Å²) in [6.07, 6.45) is 0.578. The van der Waals surface area contributed by atoms with Crippen LogP contribution in [-0.2, 0) is 25.7 Å². The molecular formula is C22H33N3O5. The van der Waals surface area contributed by atoms with E-state index >= 15 is 0 Å². The summed E-state index contributed by atoms with van der Waals surface area (Å²) in [7, 11) is 0. The van der Waals surface area contributed by atoms with Crippen LogP contribution in [0.4, 0.5) is 4.79 Å². The van der Waals surface area contributed by atoms with Gasteiger partial charge in [0.05, 0.1) is 6.04 Å². The first-order valence-electron chi connectivity index (χ1n) is 10.4. The Balaban J connectivity index is 2.76. The number of ketones is 1. The smallest absolute Gasteiger partial charge is 0.408 e. The van der Waals surface area contributed by atoms with Gasteiger partial charge in [0.2, 0.25) is 11.7 Å². The lowest BCUT2D eigenvalue weighted by atomic mass is 10.0. The largest absolute Gasteiger partial charge is 0.445 e. The highest BCUT2D eigenvalue weighted by atomic mass is 16.5. The van der Waals surface area contributed by atoms with Gasteiger partial charge in [0.15, 0.2) is 0 Å². The van der Waals surface area contributed by atoms with E-state index in [0.717, 1.165) is 5.56 Å². The standard InChI is InChI=1S/C22H33N3O5/c1-5-10-17(19(26)21(28)23-6-2)24-20(27)18(13-15(3)4)25-22(29)30-14-16-11-8-7-9-12-16/h7-9,11-12,15,17-18H,5-6,10,13-14H2,1-4H3,(H,23,28)(H,24,27)(H,25,29)/t17-,18-/m0/s1. The molecule has 3 N–H and O–H groups in total. The number of Topliss-reactive ketones (excluding diaryl/α,β-unsaturated/α-hetero) is 1. The molecule has 1 aromatic carbocycles. The van der Waals surface area contributed by atoms with Crippen LogP contribution in [-0.4, -0.2) is 42.3 Å². The summed E-state index contributed by atoms with van der Waals surface area (Å²) in [5.74, 6) is -1.83. The Morgan fingerprint density at radius 3 is 2.20 bits per heavy atom. The predicted octanol–water partition coefficient (Wildman–Crippen LogP) is 2.32. The summed E-state index contributed by atoms with van der Waals surface area (Å²) in [6, 6.07) is 7.37. The second-order valence-corrected chi connectivity index (χ2v) is 7.46. The third kappa shape index (κ3) is 9.07. The minimum Gasteiger partial charge on any atom is -0.445 e. The number of hydrogen-bond acceptors (Lipinski definition) is 5. The molecule has 0 aromatic heterocycles. The molecule has 0 heterocycles. The van der Waals surface area contributed by atoms with Crippen LogP contribution in [0.25, 0.3) is 0 Å². The van der Waals surface area contributed by atoms with Crippen molar-refractivity contribution < 1.29 is 23.9 Å². The molecular weight excluding hydrogens is 386 g/mol. The zero-order valence-electron chi connectivity index (χ0n) is 18.2. The van der Waals surface area contributed by atoms with Gasteiger partial charge in [-0.05, 0) is 31.2 Å². The van der Waals surface area contributed by atoms with Gasteiger partial charge in [0, 0.05) is 6.54 Å². The summed E-state index contributed by atoms with van der Waals surface area (Å²) >= 11 is 0. The molecule has 8 nitrogen and oxygen atoms in total. The third-order valence-corrected chi connectivity index (χ3v) is 4.30. The van der Waals surface area contributed by atoms with Crippen molar-refractivity contribution in [3.05, 3.63) is 35.9 Å². The van der Waals surface area contributed by atoms with Crippen LogP contribution in [0.3, 0.4) is 0 Å². The zero-order chi connectivity index (χ0) is 22.5. The molecule has 0 spiro atoms. The number of amides is 3. The fraction of sp³-hybridized carbons (Fsp3) is 0.545. The van der Waals surface area contributed by atoms with E-state index in [4.69, 9.17) is 4.74 Å². The number of hydrogen-bond donors (Lipinski definition) is 3. The molecule has 0 radical (unpaired) electrons. The molecule has 0 fully saturated rings. The van der Waals surface area contributed by atoms with Gasteiger partial charge in [-0.3, -0.25) is 14.4 Å². The number of carbonyl (C=O) groups is 4. The lowest BCUT2D eigenvalue weighted by Crippen LogP contribution is -2.54. The summed E-state index contributed by atoms with van der Waals surface area (Å²) in [5, 5.41) is 7.65. The highest BCUT2D eigenvalue weighted by Crippen LogP contribution is 2.08. The van der Waals surface area contributed by atoms with Crippen molar-refractivity contribution in [2.24, 2.45) is 5.92 Å². The van der Waals surface area contributed by atoms with Crippen molar-refractivity contribution in [3.8, 4) is 0 Å². The lowest BCUT2D eigenvalue weighted by molar-refractivity contribution is -0.140. The first-order valence-corrected chi connectivity index (χ1v) is 10.4. The molecule has 0 saturated heterocycles. The number of carbonyl (C=O) groups excluding carboxylic acids is 4. The van der Waals surface area contributed by atoms with Gasteiger partial charge in [-0.15, -0.1) is 0 Å². The Morgan fingerprint density at radius 2 is 1.63 bits per heavy atom. The molecule has 0 saturated carbocycles. The van der Waals surface area contributed by atoms with E-state index in [1.807, 2.05) is 51.1 Å². The molecule has 30 heavy (non-hydrogen) atoms. The monoisotopic (exact) mass is 419 g/mol.